The van der Waals surface area contributed by atoms with Gasteiger partial charge in [-0.25, -0.2) is 0 Å². The van der Waals surface area contributed by atoms with Gasteiger partial charge in [-0.05, 0) is 49.2 Å². The first-order chi connectivity index (χ1) is 16.0. The van der Waals surface area contributed by atoms with Crippen LogP contribution in [0.4, 0.5) is 5.69 Å². The van der Waals surface area contributed by atoms with Crippen molar-refractivity contribution in [3.8, 4) is 45.3 Å². The smallest absolute Gasteiger partial charge is 0.123 e. The van der Waals surface area contributed by atoms with Gasteiger partial charge in [-0.3, -0.25) is 0 Å². The summed E-state index contributed by atoms with van der Waals surface area (Å²) < 4.78 is 22.2. The van der Waals surface area contributed by atoms with E-state index in [0.717, 1.165) is 56.8 Å². The molecule has 1 aliphatic heterocycles. The van der Waals surface area contributed by atoms with Crippen LogP contribution in [-0.4, -0.2) is 34.3 Å². The zero-order chi connectivity index (χ0) is 23.5. The summed E-state index contributed by atoms with van der Waals surface area (Å²) in [6.45, 7) is 4.35. The fourth-order valence-corrected chi connectivity index (χ4v) is 4.98. The first kappa shape index (κ1) is 22.9. The zero-order valence-electron chi connectivity index (χ0n) is 19.9. The lowest BCUT2D eigenvalue weighted by Gasteiger charge is -2.27. The normalized spacial score (nSPS) is 13.3. The van der Waals surface area contributed by atoms with Gasteiger partial charge in [0.05, 0.1) is 40.0 Å². The predicted octanol–water partition coefficient (Wildman–Crippen LogP) is 6.82. The molecule has 33 heavy (non-hydrogen) atoms. The molecule has 0 saturated carbocycles. The molecule has 0 radical (unpaired) electrons. The molecule has 5 nitrogen and oxygen atoms in total. The highest BCUT2D eigenvalue weighted by atomic mass is 32.2. The largest absolute Gasteiger partial charge is 0.497 e. The monoisotopic (exact) mass is 463 g/mol. The summed E-state index contributed by atoms with van der Waals surface area (Å²) in [5.74, 6) is 3.86. The second-order valence-electron chi connectivity index (χ2n) is 7.75. The van der Waals surface area contributed by atoms with Gasteiger partial charge in [0.1, 0.15) is 23.0 Å². The minimum Gasteiger partial charge on any atom is -0.497 e. The molecule has 6 heteroatoms. The summed E-state index contributed by atoms with van der Waals surface area (Å²) >= 11 is 1.85. The number of methoxy groups -OCH3 is 4. The van der Waals surface area contributed by atoms with Crippen molar-refractivity contribution in [2.45, 2.75) is 13.8 Å². The van der Waals surface area contributed by atoms with Gasteiger partial charge in [-0.15, -0.1) is 11.8 Å². The van der Waals surface area contributed by atoms with E-state index >= 15 is 0 Å². The van der Waals surface area contributed by atoms with Gasteiger partial charge in [0, 0.05) is 33.9 Å². The number of benzene rings is 3. The molecule has 172 valence electrons. The van der Waals surface area contributed by atoms with Gasteiger partial charge in [0.15, 0.2) is 0 Å². The summed E-state index contributed by atoms with van der Waals surface area (Å²) in [5.41, 5.74) is 6.63. The Bertz CT molecular complexity index is 1090. The van der Waals surface area contributed by atoms with E-state index in [1.54, 1.807) is 28.4 Å². The maximum Gasteiger partial charge on any atom is 0.123 e. The molecule has 4 rings (SSSR count). The molecule has 0 aliphatic carbocycles. The Morgan fingerprint density at radius 3 is 1.42 bits per heavy atom. The fraction of sp³-hybridized carbons (Fsp3) is 0.259. The quantitative estimate of drug-likeness (QED) is 0.383. The molecule has 0 saturated heterocycles. The van der Waals surface area contributed by atoms with E-state index in [4.69, 9.17) is 18.9 Å². The van der Waals surface area contributed by atoms with Crippen LogP contribution in [0, 0.1) is 0 Å². The molecule has 0 bridgehead atoms. The highest BCUT2D eigenvalue weighted by molar-refractivity contribution is 8.03. The van der Waals surface area contributed by atoms with Gasteiger partial charge in [0.25, 0.3) is 0 Å². The molecule has 0 spiro atoms. The molecule has 0 atom stereocenters. The van der Waals surface area contributed by atoms with Crippen LogP contribution in [0.15, 0.2) is 65.2 Å². The average molecular weight is 464 g/mol. The van der Waals surface area contributed by atoms with E-state index in [-0.39, 0.29) is 0 Å². The summed E-state index contributed by atoms with van der Waals surface area (Å²) in [7, 11) is 6.69. The van der Waals surface area contributed by atoms with Crippen molar-refractivity contribution in [2.75, 3.05) is 39.2 Å². The third-order valence-electron chi connectivity index (χ3n) is 5.96. The minimum absolute atomic E-state index is 0.753. The number of nitrogens with zero attached hydrogens (tertiary/aromatic N) is 1. The van der Waals surface area contributed by atoms with Crippen LogP contribution in [0.3, 0.4) is 0 Å². The minimum atomic E-state index is 0.753. The van der Waals surface area contributed by atoms with Crippen LogP contribution in [0.5, 0.6) is 23.0 Å². The lowest BCUT2D eigenvalue weighted by molar-refractivity contribution is 0.394. The number of anilines is 1. The predicted molar refractivity (Wildman–Crippen MR) is 137 cm³/mol. The fourth-order valence-electron chi connectivity index (χ4n) is 4.01. The van der Waals surface area contributed by atoms with E-state index in [0.29, 0.717) is 0 Å². The second-order valence-corrected chi connectivity index (χ2v) is 8.91. The maximum absolute atomic E-state index is 5.56. The van der Waals surface area contributed by atoms with Crippen LogP contribution in [-0.2, 0) is 0 Å². The van der Waals surface area contributed by atoms with E-state index < -0.39 is 0 Å². The van der Waals surface area contributed by atoms with Gasteiger partial charge in [0.2, 0.25) is 0 Å². The molecule has 0 unspecified atom stereocenters. The molecule has 1 aliphatic rings. The summed E-state index contributed by atoms with van der Waals surface area (Å²) in [4.78, 5) is 3.70. The summed E-state index contributed by atoms with van der Waals surface area (Å²) in [5, 5.41) is 0. The second kappa shape index (κ2) is 9.71. The number of hydrogen-bond donors (Lipinski definition) is 0. The molecule has 0 amide bonds. The molecule has 3 aromatic carbocycles. The van der Waals surface area contributed by atoms with Crippen LogP contribution in [0.2, 0.25) is 0 Å². The van der Waals surface area contributed by atoms with Crippen molar-refractivity contribution in [2.24, 2.45) is 0 Å². The van der Waals surface area contributed by atoms with Gasteiger partial charge < -0.3 is 23.8 Å². The first-order valence-electron chi connectivity index (χ1n) is 10.7. The highest BCUT2D eigenvalue weighted by Gasteiger charge is 2.25. The molecular weight excluding hydrogens is 434 g/mol. The Balaban J connectivity index is 2.01. The van der Waals surface area contributed by atoms with Crippen molar-refractivity contribution < 1.29 is 18.9 Å². The van der Waals surface area contributed by atoms with E-state index in [9.17, 15) is 0 Å². The lowest BCUT2D eigenvalue weighted by atomic mass is 9.94. The van der Waals surface area contributed by atoms with Crippen molar-refractivity contribution in [1.82, 2.24) is 0 Å². The van der Waals surface area contributed by atoms with Crippen LogP contribution in [0.1, 0.15) is 13.8 Å². The number of allylic oxidation sites excluding steroid dienone is 2. The highest BCUT2D eigenvalue weighted by Crippen LogP contribution is 2.47. The van der Waals surface area contributed by atoms with Crippen LogP contribution < -0.4 is 23.8 Å². The molecule has 0 aromatic heterocycles. The Kier molecular flexibility index (Phi) is 6.75. The lowest BCUT2D eigenvalue weighted by Crippen LogP contribution is -2.18. The van der Waals surface area contributed by atoms with E-state index in [2.05, 4.69) is 36.9 Å². The van der Waals surface area contributed by atoms with Crippen molar-refractivity contribution >= 4 is 17.4 Å². The number of para-hydroxylation sites is 1. The molecule has 0 N–H and O–H groups in total. The third-order valence-corrected chi connectivity index (χ3v) is 7.07. The van der Waals surface area contributed by atoms with Gasteiger partial charge in [-0.2, -0.15) is 0 Å². The number of thioether (sulfide) groups is 1. The molecule has 0 fully saturated rings. The third kappa shape index (κ3) is 4.48. The van der Waals surface area contributed by atoms with E-state index in [1.165, 1.54) is 10.6 Å². The summed E-state index contributed by atoms with van der Waals surface area (Å²) in [6, 6.07) is 18.4. The first-order valence-corrected chi connectivity index (χ1v) is 11.6. The van der Waals surface area contributed by atoms with Crippen molar-refractivity contribution in [3.63, 3.8) is 0 Å². The Morgan fingerprint density at radius 1 is 0.667 bits per heavy atom. The Morgan fingerprint density at radius 2 is 1.09 bits per heavy atom. The topological polar surface area (TPSA) is 40.2 Å². The maximum atomic E-state index is 5.56. The van der Waals surface area contributed by atoms with Crippen LogP contribution in [0.25, 0.3) is 22.3 Å². The summed E-state index contributed by atoms with van der Waals surface area (Å²) in [6.07, 6.45) is 0. The Labute approximate surface area is 199 Å². The van der Waals surface area contributed by atoms with Crippen LogP contribution >= 0.6 is 11.8 Å². The average Bonchev–Trinajstić information content (AvgIpc) is 3.20. The van der Waals surface area contributed by atoms with Gasteiger partial charge >= 0.3 is 0 Å². The molecular formula is C27H29NO4S. The molecule has 3 aromatic rings. The SMILES string of the molecule is COc1cc(OC)cc(-c2cccc(-c3cc(OC)cc(OC)c3)c2N2CSC(C)=C2C)c1. The van der Waals surface area contributed by atoms with Crippen molar-refractivity contribution in [3.05, 3.63) is 65.2 Å². The zero-order valence-corrected chi connectivity index (χ0v) is 20.7. The number of rotatable bonds is 7. The van der Waals surface area contributed by atoms with Gasteiger partial charge in [-0.1, -0.05) is 18.2 Å². The number of hydrogen-bond acceptors (Lipinski definition) is 6. The number of ether oxygens (including phenoxy) is 4. The van der Waals surface area contributed by atoms with E-state index in [1.807, 2.05) is 48.2 Å². The standard InChI is InChI=1S/C27H29NO4S/c1-17-18(2)33-16-28(17)27-25(19-10-21(29-3)14-22(11-19)30-4)8-7-9-26(27)20-12-23(31-5)15-24(13-20)32-6/h7-15H,16H2,1-6H3. The van der Waals surface area contributed by atoms with Crippen molar-refractivity contribution in [1.29, 1.82) is 0 Å². The Hall–Kier alpha value is -3.25. The molecule has 1 heterocycles.